The number of rotatable bonds is 8. The van der Waals surface area contributed by atoms with Crippen LogP contribution in [0.3, 0.4) is 0 Å². The number of ether oxygens (including phenoxy) is 1. The highest BCUT2D eigenvalue weighted by Gasteiger charge is 2.05. The third kappa shape index (κ3) is 5.19. The van der Waals surface area contributed by atoms with Crippen LogP contribution in [0, 0.1) is 0 Å². The summed E-state index contributed by atoms with van der Waals surface area (Å²) in [6, 6.07) is 8.62. The van der Waals surface area contributed by atoms with Crippen LogP contribution < -0.4 is 10.1 Å². The third-order valence-corrected chi connectivity index (χ3v) is 3.26. The topological polar surface area (TPSA) is 62.8 Å². The van der Waals surface area contributed by atoms with Gasteiger partial charge in [-0.1, -0.05) is 12.1 Å². The molecule has 2 N–H and O–H groups in total. The summed E-state index contributed by atoms with van der Waals surface area (Å²) in [7, 11) is 0. The Hall–Kier alpha value is -1.88. The lowest BCUT2D eigenvalue weighted by molar-refractivity contribution is 0.242. The number of hydrogen-bond acceptors (Lipinski definition) is 4. The highest BCUT2D eigenvalue weighted by Crippen LogP contribution is 2.18. The molecule has 0 spiro atoms. The molecule has 0 aliphatic heterocycles. The summed E-state index contributed by atoms with van der Waals surface area (Å²) < 4.78 is 5.65. The van der Waals surface area contributed by atoms with Crippen LogP contribution in [0.5, 0.6) is 5.75 Å². The van der Waals surface area contributed by atoms with Crippen molar-refractivity contribution in [3.8, 4) is 5.75 Å². The van der Waals surface area contributed by atoms with Gasteiger partial charge in [-0.3, -0.25) is 5.10 Å². The van der Waals surface area contributed by atoms with E-state index in [9.17, 15) is 0 Å². The summed E-state index contributed by atoms with van der Waals surface area (Å²) in [6.07, 6.45) is 3.71. The van der Waals surface area contributed by atoms with Crippen molar-refractivity contribution in [1.29, 1.82) is 0 Å². The lowest BCUT2D eigenvalue weighted by atomic mass is 10.1. The number of aromatic nitrogens is 3. The largest absolute Gasteiger partial charge is 0.491 e. The third-order valence-electron chi connectivity index (χ3n) is 3.26. The molecule has 1 aromatic heterocycles. The predicted octanol–water partition coefficient (Wildman–Crippen LogP) is 2.88. The molecule has 0 saturated carbocycles. The fourth-order valence-electron chi connectivity index (χ4n) is 2.15. The number of aromatic amines is 1. The molecular formula is C16H24N4O. The number of H-pyrrole nitrogens is 1. The molecule has 2 rings (SSSR count). The second kappa shape index (κ2) is 7.78. The quantitative estimate of drug-likeness (QED) is 0.733. The zero-order valence-corrected chi connectivity index (χ0v) is 13.0. The van der Waals surface area contributed by atoms with Crippen LogP contribution in [0.1, 0.15) is 44.6 Å². The lowest BCUT2D eigenvalue weighted by Crippen LogP contribution is -2.20. The first-order valence-corrected chi connectivity index (χ1v) is 7.49. The number of aryl methyl sites for hydroxylation is 1. The molecule has 0 bridgehead atoms. The summed E-state index contributed by atoms with van der Waals surface area (Å²) >= 11 is 0. The number of nitrogens with zero attached hydrogens (tertiary/aromatic N) is 2. The van der Waals surface area contributed by atoms with Gasteiger partial charge in [0.2, 0.25) is 0 Å². The van der Waals surface area contributed by atoms with E-state index in [1.165, 1.54) is 5.56 Å². The Kier molecular flexibility index (Phi) is 5.75. The Balaban J connectivity index is 1.73. The Labute approximate surface area is 126 Å². The van der Waals surface area contributed by atoms with Crippen molar-refractivity contribution < 1.29 is 4.74 Å². The smallest absolute Gasteiger partial charge is 0.137 e. The molecule has 0 saturated heterocycles. The van der Waals surface area contributed by atoms with Crippen molar-refractivity contribution in [2.75, 3.05) is 6.54 Å². The van der Waals surface area contributed by atoms with Gasteiger partial charge in [-0.05, 0) is 51.4 Å². The summed E-state index contributed by atoms with van der Waals surface area (Å²) in [5.41, 5.74) is 1.27. The highest BCUT2D eigenvalue weighted by molar-refractivity contribution is 5.29. The molecule has 1 aromatic carbocycles. The van der Waals surface area contributed by atoms with E-state index >= 15 is 0 Å². The fraction of sp³-hybridized carbons (Fsp3) is 0.500. The van der Waals surface area contributed by atoms with E-state index in [1.807, 2.05) is 26.0 Å². The van der Waals surface area contributed by atoms with Gasteiger partial charge >= 0.3 is 0 Å². The molecule has 5 heteroatoms. The van der Waals surface area contributed by atoms with Crippen LogP contribution in [-0.2, 0) is 6.42 Å². The Morgan fingerprint density at radius 3 is 2.57 bits per heavy atom. The van der Waals surface area contributed by atoms with Gasteiger partial charge in [0.25, 0.3) is 0 Å². The summed E-state index contributed by atoms with van der Waals surface area (Å²) in [5.74, 6) is 1.87. The number of nitrogens with one attached hydrogen (secondary N) is 2. The van der Waals surface area contributed by atoms with Crippen molar-refractivity contribution in [2.24, 2.45) is 0 Å². The standard InChI is InChI=1S/C16H24N4O/c1-12(2)21-15-8-6-14(7-9-15)13(3)17-10-4-5-16-18-11-19-20-16/h6-9,11-13,17H,4-5,10H2,1-3H3,(H,18,19,20). The minimum Gasteiger partial charge on any atom is -0.491 e. The minimum atomic E-state index is 0.211. The predicted molar refractivity (Wildman–Crippen MR) is 83.3 cm³/mol. The van der Waals surface area contributed by atoms with Crippen LogP contribution in [0.4, 0.5) is 0 Å². The van der Waals surface area contributed by atoms with Crippen LogP contribution in [-0.4, -0.2) is 27.8 Å². The second-order valence-corrected chi connectivity index (χ2v) is 5.45. The Morgan fingerprint density at radius 2 is 1.95 bits per heavy atom. The van der Waals surface area contributed by atoms with E-state index < -0.39 is 0 Å². The summed E-state index contributed by atoms with van der Waals surface area (Å²) in [5, 5.41) is 10.2. The van der Waals surface area contributed by atoms with Gasteiger partial charge in [0.1, 0.15) is 17.9 Å². The van der Waals surface area contributed by atoms with Crippen LogP contribution in [0.15, 0.2) is 30.6 Å². The molecular weight excluding hydrogens is 264 g/mol. The number of benzene rings is 1. The molecule has 1 unspecified atom stereocenters. The van der Waals surface area contributed by atoms with Crippen molar-refractivity contribution in [3.05, 3.63) is 42.0 Å². The zero-order chi connectivity index (χ0) is 15.1. The van der Waals surface area contributed by atoms with Crippen LogP contribution in [0.2, 0.25) is 0 Å². The normalized spacial score (nSPS) is 12.6. The van der Waals surface area contributed by atoms with E-state index in [4.69, 9.17) is 4.74 Å². The van der Waals surface area contributed by atoms with Crippen LogP contribution >= 0.6 is 0 Å². The van der Waals surface area contributed by atoms with E-state index in [0.29, 0.717) is 6.04 Å². The fourth-order valence-corrected chi connectivity index (χ4v) is 2.15. The van der Waals surface area contributed by atoms with Gasteiger partial charge < -0.3 is 10.1 Å². The Morgan fingerprint density at radius 1 is 1.19 bits per heavy atom. The molecule has 1 atom stereocenters. The first-order chi connectivity index (χ1) is 10.1. The first kappa shape index (κ1) is 15.5. The molecule has 1 heterocycles. The summed E-state index contributed by atoms with van der Waals surface area (Å²) in [4.78, 5) is 4.12. The first-order valence-electron chi connectivity index (χ1n) is 7.49. The van der Waals surface area contributed by atoms with Crippen LogP contribution in [0.25, 0.3) is 0 Å². The average molecular weight is 288 g/mol. The average Bonchev–Trinajstić information content (AvgIpc) is 2.97. The maximum Gasteiger partial charge on any atom is 0.137 e. The molecule has 0 aliphatic rings. The zero-order valence-electron chi connectivity index (χ0n) is 13.0. The molecule has 2 aromatic rings. The van der Waals surface area contributed by atoms with E-state index in [1.54, 1.807) is 6.33 Å². The summed E-state index contributed by atoms with van der Waals surface area (Å²) in [6.45, 7) is 7.19. The van der Waals surface area contributed by atoms with Gasteiger partial charge in [0.15, 0.2) is 0 Å². The van der Waals surface area contributed by atoms with Crippen molar-refractivity contribution >= 4 is 0 Å². The van der Waals surface area contributed by atoms with Gasteiger partial charge in [-0.2, -0.15) is 5.10 Å². The maximum atomic E-state index is 5.65. The highest BCUT2D eigenvalue weighted by atomic mass is 16.5. The van der Waals surface area contributed by atoms with Crippen molar-refractivity contribution in [2.45, 2.75) is 45.8 Å². The Bertz CT molecular complexity index is 508. The molecule has 0 amide bonds. The molecule has 21 heavy (non-hydrogen) atoms. The van der Waals surface area contributed by atoms with Crippen molar-refractivity contribution in [3.63, 3.8) is 0 Å². The van der Waals surface area contributed by atoms with Crippen molar-refractivity contribution in [1.82, 2.24) is 20.5 Å². The van der Waals surface area contributed by atoms with E-state index in [-0.39, 0.29) is 6.10 Å². The monoisotopic (exact) mass is 288 g/mol. The maximum absolute atomic E-state index is 5.65. The molecule has 114 valence electrons. The van der Waals surface area contributed by atoms with E-state index in [2.05, 4.69) is 39.6 Å². The second-order valence-electron chi connectivity index (χ2n) is 5.45. The SMILES string of the molecule is CC(C)Oc1ccc(C(C)NCCCc2ncn[nH]2)cc1. The minimum absolute atomic E-state index is 0.211. The van der Waals surface area contributed by atoms with Gasteiger partial charge in [0.05, 0.1) is 6.10 Å². The molecule has 0 aliphatic carbocycles. The van der Waals surface area contributed by atoms with E-state index in [0.717, 1.165) is 31.0 Å². The molecule has 0 radical (unpaired) electrons. The molecule has 0 fully saturated rings. The van der Waals surface area contributed by atoms with Gasteiger partial charge in [-0.25, -0.2) is 4.98 Å². The molecule has 5 nitrogen and oxygen atoms in total. The lowest BCUT2D eigenvalue weighted by Gasteiger charge is -2.15. The van der Waals surface area contributed by atoms with Gasteiger partial charge in [-0.15, -0.1) is 0 Å². The number of hydrogen-bond donors (Lipinski definition) is 2. The van der Waals surface area contributed by atoms with Gasteiger partial charge in [0, 0.05) is 12.5 Å².